The molecule has 0 aromatic heterocycles. The second kappa shape index (κ2) is 8.67. The molecule has 128 valence electrons. The molecule has 1 heterocycles. The van der Waals surface area contributed by atoms with Crippen LogP contribution in [0.2, 0.25) is 0 Å². The molecule has 0 spiro atoms. The SMILES string of the molecule is CCc1ccc(CN(C(=O)CC2COCCN2)C2CC2)cc1.Cl. The second-order valence-electron chi connectivity index (χ2n) is 6.35. The molecule has 0 radical (unpaired) electrons. The Morgan fingerprint density at radius 2 is 1.96 bits per heavy atom. The van der Waals surface area contributed by atoms with Gasteiger partial charge in [-0.3, -0.25) is 4.79 Å². The fourth-order valence-electron chi connectivity index (χ4n) is 2.96. The molecule has 1 aromatic rings. The molecule has 4 nitrogen and oxygen atoms in total. The van der Waals surface area contributed by atoms with Crippen molar-refractivity contribution in [2.24, 2.45) is 0 Å². The van der Waals surface area contributed by atoms with Crippen LogP contribution in [0.3, 0.4) is 0 Å². The van der Waals surface area contributed by atoms with Crippen LogP contribution in [0.15, 0.2) is 24.3 Å². The van der Waals surface area contributed by atoms with Crippen LogP contribution in [0.5, 0.6) is 0 Å². The Hall–Kier alpha value is -1.10. The molecular weight excluding hydrogens is 312 g/mol. The van der Waals surface area contributed by atoms with E-state index in [1.165, 1.54) is 11.1 Å². The number of nitrogens with zero attached hydrogens (tertiary/aromatic N) is 1. The van der Waals surface area contributed by atoms with Crippen LogP contribution >= 0.6 is 12.4 Å². The standard InChI is InChI=1S/C18H26N2O2.ClH/c1-2-14-3-5-15(6-4-14)12-20(17-7-8-17)18(21)11-16-13-22-10-9-19-16;/h3-6,16-17,19H,2,7-13H2,1H3;1H. The highest BCUT2D eigenvalue weighted by Gasteiger charge is 2.33. The maximum Gasteiger partial charge on any atom is 0.224 e. The molecule has 1 N–H and O–H groups in total. The van der Waals surface area contributed by atoms with Gasteiger partial charge in [0.1, 0.15) is 0 Å². The number of hydrogen-bond acceptors (Lipinski definition) is 3. The molecule has 5 heteroatoms. The zero-order valence-electron chi connectivity index (χ0n) is 13.8. The molecule has 1 aliphatic heterocycles. The first-order valence-corrected chi connectivity index (χ1v) is 8.44. The summed E-state index contributed by atoms with van der Waals surface area (Å²) in [4.78, 5) is 14.7. The number of halogens is 1. The fraction of sp³-hybridized carbons (Fsp3) is 0.611. The Morgan fingerprint density at radius 3 is 2.52 bits per heavy atom. The van der Waals surface area contributed by atoms with Crippen molar-refractivity contribution < 1.29 is 9.53 Å². The van der Waals surface area contributed by atoms with Gasteiger partial charge in [0.05, 0.1) is 13.2 Å². The van der Waals surface area contributed by atoms with Crippen LogP contribution in [0.25, 0.3) is 0 Å². The fourth-order valence-corrected chi connectivity index (χ4v) is 2.96. The van der Waals surface area contributed by atoms with Crippen molar-refractivity contribution in [1.29, 1.82) is 0 Å². The summed E-state index contributed by atoms with van der Waals surface area (Å²) in [6, 6.07) is 9.27. The molecule has 3 rings (SSSR count). The van der Waals surface area contributed by atoms with E-state index < -0.39 is 0 Å². The topological polar surface area (TPSA) is 41.6 Å². The average Bonchev–Trinajstić information content (AvgIpc) is 3.39. The van der Waals surface area contributed by atoms with Crippen molar-refractivity contribution >= 4 is 18.3 Å². The maximum atomic E-state index is 12.7. The van der Waals surface area contributed by atoms with Crippen molar-refractivity contribution in [2.75, 3.05) is 19.8 Å². The summed E-state index contributed by atoms with van der Waals surface area (Å²) in [6.07, 6.45) is 3.89. The molecule has 1 unspecified atom stereocenters. The largest absolute Gasteiger partial charge is 0.378 e. The molecule has 1 atom stereocenters. The smallest absolute Gasteiger partial charge is 0.224 e. The van der Waals surface area contributed by atoms with Gasteiger partial charge >= 0.3 is 0 Å². The monoisotopic (exact) mass is 338 g/mol. The molecule has 1 saturated heterocycles. The van der Waals surface area contributed by atoms with E-state index in [1.54, 1.807) is 0 Å². The van der Waals surface area contributed by atoms with Gasteiger partial charge in [-0.1, -0.05) is 31.2 Å². The van der Waals surface area contributed by atoms with Gasteiger partial charge in [0.25, 0.3) is 0 Å². The van der Waals surface area contributed by atoms with Crippen LogP contribution in [0.4, 0.5) is 0 Å². The number of hydrogen-bond donors (Lipinski definition) is 1. The Kier molecular flexibility index (Phi) is 6.88. The van der Waals surface area contributed by atoms with Gasteiger partial charge in [-0.15, -0.1) is 12.4 Å². The van der Waals surface area contributed by atoms with E-state index in [9.17, 15) is 4.79 Å². The van der Waals surface area contributed by atoms with E-state index in [0.717, 1.165) is 39.0 Å². The predicted molar refractivity (Wildman–Crippen MR) is 93.9 cm³/mol. The van der Waals surface area contributed by atoms with Gasteiger partial charge in [0, 0.05) is 31.6 Å². The third-order valence-corrected chi connectivity index (χ3v) is 4.51. The lowest BCUT2D eigenvalue weighted by molar-refractivity contribution is -0.133. The van der Waals surface area contributed by atoms with Crippen LogP contribution in [-0.2, 0) is 22.5 Å². The number of benzene rings is 1. The number of aryl methyl sites for hydroxylation is 1. The molecule has 1 saturated carbocycles. The van der Waals surface area contributed by atoms with Crippen molar-refractivity contribution in [2.45, 2.75) is 51.2 Å². The zero-order chi connectivity index (χ0) is 15.4. The first-order valence-electron chi connectivity index (χ1n) is 8.44. The van der Waals surface area contributed by atoms with Gasteiger partial charge in [0.15, 0.2) is 0 Å². The van der Waals surface area contributed by atoms with E-state index >= 15 is 0 Å². The van der Waals surface area contributed by atoms with Crippen molar-refractivity contribution in [3.8, 4) is 0 Å². The molecule has 0 bridgehead atoms. The third kappa shape index (κ3) is 5.20. The van der Waals surface area contributed by atoms with Crippen LogP contribution in [-0.4, -0.2) is 42.6 Å². The highest BCUT2D eigenvalue weighted by Crippen LogP contribution is 2.29. The van der Waals surface area contributed by atoms with E-state index in [1.807, 2.05) is 0 Å². The molecule has 2 aliphatic rings. The summed E-state index contributed by atoms with van der Waals surface area (Å²) >= 11 is 0. The summed E-state index contributed by atoms with van der Waals surface area (Å²) in [5.74, 6) is 0.255. The van der Waals surface area contributed by atoms with Crippen LogP contribution < -0.4 is 5.32 Å². The third-order valence-electron chi connectivity index (χ3n) is 4.51. The Morgan fingerprint density at radius 1 is 1.26 bits per heavy atom. The lowest BCUT2D eigenvalue weighted by Crippen LogP contribution is -2.45. The van der Waals surface area contributed by atoms with Gasteiger partial charge in [0.2, 0.25) is 5.91 Å². The first kappa shape index (κ1) is 18.2. The number of nitrogens with one attached hydrogen (secondary N) is 1. The quantitative estimate of drug-likeness (QED) is 0.866. The lowest BCUT2D eigenvalue weighted by atomic mass is 10.1. The van der Waals surface area contributed by atoms with E-state index in [4.69, 9.17) is 4.74 Å². The van der Waals surface area contributed by atoms with Gasteiger partial charge in [-0.05, 0) is 30.4 Å². The Bertz CT molecular complexity index is 496. The highest BCUT2D eigenvalue weighted by atomic mass is 35.5. The second-order valence-corrected chi connectivity index (χ2v) is 6.35. The molecular formula is C18H27ClN2O2. The molecule has 23 heavy (non-hydrogen) atoms. The van der Waals surface area contributed by atoms with Gasteiger partial charge in [-0.25, -0.2) is 0 Å². The summed E-state index contributed by atoms with van der Waals surface area (Å²) < 4.78 is 5.45. The van der Waals surface area contributed by atoms with Gasteiger partial charge < -0.3 is 15.0 Å². The minimum Gasteiger partial charge on any atom is -0.378 e. The summed E-state index contributed by atoms with van der Waals surface area (Å²) in [7, 11) is 0. The van der Waals surface area contributed by atoms with E-state index in [-0.39, 0.29) is 24.4 Å². The minimum atomic E-state index is 0. The zero-order valence-corrected chi connectivity index (χ0v) is 14.6. The molecule has 2 fully saturated rings. The summed E-state index contributed by atoms with van der Waals surface area (Å²) in [6.45, 7) is 5.14. The number of morpholine rings is 1. The molecule has 1 aromatic carbocycles. The number of rotatable bonds is 6. The highest BCUT2D eigenvalue weighted by molar-refractivity contribution is 5.85. The molecule has 1 aliphatic carbocycles. The normalized spacial score (nSPS) is 20.7. The number of ether oxygens (including phenoxy) is 1. The van der Waals surface area contributed by atoms with Crippen molar-refractivity contribution in [3.63, 3.8) is 0 Å². The first-order chi connectivity index (χ1) is 10.8. The van der Waals surface area contributed by atoms with E-state index in [2.05, 4.69) is 41.4 Å². The number of carbonyl (C=O) groups excluding carboxylic acids is 1. The van der Waals surface area contributed by atoms with Crippen LogP contribution in [0, 0.1) is 0 Å². The maximum absolute atomic E-state index is 12.7. The molecule has 1 amide bonds. The minimum absolute atomic E-state index is 0. The summed E-state index contributed by atoms with van der Waals surface area (Å²) in [5.41, 5.74) is 2.57. The number of carbonyl (C=O) groups is 1. The van der Waals surface area contributed by atoms with Crippen molar-refractivity contribution in [3.05, 3.63) is 35.4 Å². The Labute approximate surface area is 145 Å². The lowest BCUT2D eigenvalue weighted by Gasteiger charge is -2.28. The van der Waals surface area contributed by atoms with Crippen molar-refractivity contribution in [1.82, 2.24) is 10.2 Å². The van der Waals surface area contributed by atoms with E-state index in [0.29, 0.717) is 19.1 Å². The number of amides is 1. The Balaban J connectivity index is 0.00000192. The summed E-state index contributed by atoms with van der Waals surface area (Å²) in [5, 5.41) is 3.37. The predicted octanol–water partition coefficient (Wildman–Crippen LogP) is 2.54. The average molecular weight is 339 g/mol. The van der Waals surface area contributed by atoms with Crippen LogP contribution in [0.1, 0.15) is 37.3 Å². The van der Waals surface area contributed by atoms with Gasteiger partial charge in [-0.2, -0.15) is 0 Å².